The monoisotopic (exact) mass is 1730 g/mol. The van der Waals surface area contributed by atoms with Gasteiger partial charge in [-0.2, -0.15) is 0 Å². The molecule has 648 valence electrons. The van der Waals surface area contributed by atoms with Gasteiger partial charge in [-0.05, 0) is 159 Å². The molecule has 6 aromatic heterocycles. The molecule has 8 heterocycles. The number of aromatic nitrogens is 11. The number of pyridine rings is 1. The number of nitrogens with one attached hydrogen (secondary N) is 3. The summed E-state index contributed by atoms with van der Waals surface area (Å²) >= 11 is 0. The number of methoxy groups -OCH3 is 1. The first-order valence-electron chi connectivity index (χ1n) is 44.2. The lowest BCUT2D eigenvalue weighted by molar-refractivity contribution is -0.122. The third-order valence-electron chi connectivity index (χ3n) is 23.4. The second-order valence-corrected chi connectivity index (χ2v) is 32.0. The topological polar surface area (TPSA) is 237 Å². The maximum atomic E-state index is 13.9. The molecule has 1 atom stereocenters. The van der Waals surface area contributed by atoms with E-state index in [2.05, 4.69) is 133 Å². The molecule has 131 heavy (non-hydrogen) atoms. The van der Waals surface area contributed by atoms with Crippen molar-refractivity contribution in [2.24, 2.45) is 11.7 Å². The van der Waals surface area contributed by atoms with E-state index in [-0.39, 0.29) is 23.9 Å². The van der Waals surface area contributed by atoms with E-state index in [1.54, 1.807) is 7.11 Å². The van der Waals surface area contributed by atoms with Crippen LogP contribution < -0.4 is 36.2 Å². The van der Waals surface area contributed by atoms with Crippen LogP contribution in [0.25, 0.3) is 111 Å². The number of carbonyl (C=O) groups is 1. The van der Waals surface area contributed by atoms with Crippen LogP contribution in [0.2, 0.25) is 0 Å². The number of carbonyl (C=O) groups excluding carboxylic acids is 1. The second kappa shape index (κ2) is 42.0. The Morgan fingerprint density at radius 3 is 1.21 bits per heavy atom. The summed E-state index contributed by atoms with van der Waals surface area (Å²) in [6.45, 7) is 8.12. The largest absolute Gasteiger partial charge is 0.495 e. The minimum absolute atomic E-state index is 0.0297. The Kier molecular flexibility index (Phi) is 27.9. The quantitative estimate of drug-likeness (QED) is 0.0589. The first-order valence-corrected chi connectivity index (χ1v) is 44.2. The van der Waals surface area contributed by atoms with Crippen molar-refractivity contribution in [2.45, 2.75) is 64.3 Å². The standard InChI is InChI=1S/C24H22N4.C24H23N3.C21H15F2N3.C21H17N3O.C20H20N4O/c1-2-8-19(9-3-1)23-26-22-12-5-4-10-20(22)24(27-23)28-16-13-18(14-17-28)21-11-6-7-15-25-21;1-3-17(2)18-13-15-20(16-14-18)25-24-21-11-7-8-12-22(21)26-23(27-24)19-9-5-4-6-10-19;22-16-10-11-18(23)15(12-16)13-24-21-17-8-4-5-9-19(17)25-20(26-21)14-6-2-1-3-7-14;1-25-19-14-8-7-13-18(19)23-21-16-11-5-6-12-17(16)22-20(24-21)15-9-3-2-4-10-15;21-18(25)14-10-12-24(13-11-14)20-16-8-4-5-9-17(16)22-19(23-20)15-6-2-1-3-7-15/h1-12,15,18H,13-14,16-17H2;4-17H,3H2,1-2H3,(H,25,26,27);1-12H,13H2,(H,24,25,26);2-14H,1H3,(H,22,23,24);1-9,14H,10-13H2,(H2,21,25). The fourth-order valence-electron chi connectivity index (χ4n) is 16.1. The summed E-state index contributed by atoms with van der Waals surface area (Å²) in [6, 6.07) is 116. The summed E-state index contributed by atoms with van der Waals surface area (Å²) in [5.74, 6) is 8.38. The van der Waals surface area contributed by atoms with Crippen molar-refractivity contribution in [1.82, 2.24) is 54.8 Å². The van der Waals surface area contributed by atoms with Crippen molar-refractivity contribution in [1.29, 1.82) is 0 Å². The number of amides is 1. The zero-order valence-electron chi connectivity index (χ0n) is 72.9. The number of hydrogen-bond donors (Lipinski definition) is 4. The Hall–Kier alpha value is -16.2. The minimum Gasteiger partial charge on any atom is -0.495 e. The summed E-state index contributed by atoms with van der Waals surface area (Å²) in [6.07, 6.45) is 6.77. The Balaban J connectivity index is 0.000000115. The summed E-state index contributed by atoms with van der Waals surface area (Å²) in [4.78, 5) is 68.3. The number of hydrogen-bond acceptors (Lipinski definition) is 18. The Morgan fingerprint density at radius 2 is 0.779 bits per heavy atom. The maximum absolute atomic E-state index is 13.9. The van der Waals surface area contributed by atoms with E-state index in [4.69, 9.17) is 50.3 Å². The van der Waals surface area contributed by atoms with E-state index >= 15 is 0 Å². The molecule has 0 aliphatic carbocycles. The van der Waals surface area contributed by atoms with Gasteiger partial charge < -0.3 is 36.2 Å². The highest BCUT2D eigenvalue weighted by atomic mass is 19.1. The molecule has 21 heteroatoms. The van der Waals surface area contributed by atoms with Crippen LogP contribution in [0.1, 0.15) is 74.6 Å². The second-order valence-electron chi connectivity index (χ2n) is 32.0. The lowest BCUT2D eigenvalue weighted by Crippen LogP contribution is -2.39. The van der Waals surface area contributed by atoms with Crippen LogP contribution in [0.3, 0.4) is 0 Å². The Morgan fingerprint density at radius 1 is 0.405 bits per heavy atom. The van der Waals surface area contributed by atoms with Crippen LogP contribution in [0.15, 0.2) is 364 Å². The zero-order chi connectivity index (χ0) is 89.6. The molecule has 19 aromatic rings. The fraction of sp³-hybridized carbons (Fsp3) is 0.145. The molecule has 0 spiro atoms. The third-order valence-corrected chi connectivity index (χ3v) is 23.4. The number of rotatable bonds is 19. The number of ether oxygens (including phenoxy) is 1. The van der Waals surface area contributed by atoms with Gasteiger partial charge in [0.25, 0.3) is 0 Å². The van der Waals surface area contributed by atoms with Gasteiger partial charge in [-0.15, -0.1) is 0 Å². The van der Waals surface area contributed by atoms with Gasteiger partial charge in [0.15, 0.2) is 29.1 Å². The number of piperidine rings is 2. The van der Waals surface area contributed by atoms with Crippen molar-refractivity contribution in [3.63, 3.8) is 0 Å². The number of nitrogens with zero attached hydrogens (tertiary/aromatic N) is 13. The van der Waals surface area contributed by atoms with Crippen LogP contribution in [-0.4, -0.2) is 94.0 Å². The van der Waals surface area contributed by atoms with Crippen molar-refractivity contribution >= 4 is 101 Å². The summed E-state index contributed by atoms with van der Waals surface area (Å²) < 4.78 is 32.7. The Bertz CT molecular complexity index is 7070. The van der Waals surface area contributed by atoms with Gasteiger partial charge >= 0.3 is 0 Å². The van der Waals surface area contributed by atoms with Gasteiger partial charge in [-0.25, -0.2) is 58.6 Å². The molecule has 0 radical (unpaired) electrons. The van der Waals surface area contributed by atoms with E-state index in [0.717, 1.165) is 211 Å². The molecule has 13 aromatic carbocycles. The summed E-state index contributed by atoms with van der Waals surface area (Å²) in [5.41, 5.74) is 19.7. The van der Waals surface area contributed by atoms with Crippen molar-refractivity contribution < 1.29 is 18.3 Å². The number of halogens is 2. The van der Waals surface area contributed by atoms with Crippen LogP contribution in [0.4, 0.5) is 49.2 Å². The SMILES string of the molecule is CCC(C)c1ccc(Nc2nc(-c3ccccc3)nc3ccccc23)cc1.COc1ccccc1Nc1nc(-c2ccccc2)nc2ccccc12.Fc1ccc(F)c(CNc2nc(-c3ccccc3)nc3ccccc23)c1.NC(=O)C1CCN(c2nc(-c3ccccc3)nc3ccccc23)CC1.c1ccc(-c2nc(N3CCC(c4ccccn4)CC3)c3ccccc3n2)cc1. The van der Waals surface area contributed by atoms with Gasteiger partial charge in [0.05, 0.1) is 40.4 Å². The molecule has 2 saturated heterocycles. The maximum Gasteiger partial charge on any atom is 0.220 e. The molecule has 1 amide bonds. The zero-order valence-corrected chi connectivity index (χ0v) is 72.9. The number of nitrogens with two attached hydrogens (primary N) is 1. The van der Waals surface area contributed by atoms with Crippen molar-refractivity contribution in [3.05, 3.63) is 393 Å². The number of primary amides is 1. The normalized spacial score (nSPS) is 12.8. The first kappa shape index (κ1) is 86.9. The fourth-order valence-corrected chi connectivity index (χ4v) is 16.1. The highest BCUT2D eigenvalue weighted by molar-refractivity contribution is 5.96. The molecule has 2 fully saturated rings. The summed E-state index contributed by atoms with van der Waals surface area (Å²) in [5, 5.41) is 15.0. The number of benzene rings is 13. The van der Waals surface area contributed by atoms with Crippen LogP contribution >= 0.6 is 0 Å². The minimum atomic E-state index is -0.472. The third kappa shape index (κ3) is 21.4. The molecule has 1 unspecified atom stereocenters. The lowest BCUT2D eigenvalue weighted by atomic mass is 9.93. The predicted octanol–water partition coefficient (Wildman–Crippen LogP) is 24.9. The molecule has 5 N–H and O–H groups in total. The number of anilines is 7. The number of para-hydroxylation sites is 7. The molecule has 0 bridgehead atoms. The Labute approximate surface area is 759 Å². The highest BCUT2D eigenvalue weighted by Crippen LogP contribution is 2.38. The number of fused-ring (bicyclic) bond motifs is 5. The van der Waals surface area contributed by atoms with Gasteiger partial charge in [0, 0.05) is 122 Å². The van der Waals surface area contributed by atoms with Crippen LogP contribution in [0.5, 0.6) is 5.75 Å². The van der Waals surface area contributed by atoms with Crippen molar-refractivity contribution in [3.8, 4) is 62.7 Å². The van der Waals surface area contributed by atoms with E-state index in [0.29, 0.717) is 29.3 Å². The van der Waals surface area contributed by atoms with Crippen molar-refractivity contribution in [2.75, 3.05) is 59.0 Å². The molecular formula is C110H97F2N17O2. The van der Waals surface area contributed by atoms with Gasteiger partial charge in [-0.1, -0.05) is 257 Å². The van der Waals surface area contributed by atoms with E-state index in [1.807, 2.05) is 267 Å². The first-order chi connectivity index (χ1) is 64.4. The molecule has 21 rings (SSSR count). The lowest BCUT2D eigenvalue weighted by Gasteiger charge is -2.33. The average Bonchev–Trinajstić information content (AvgIpc) is 0.773. The van der Waals surface area contributed by atoms with Gasteiger partial charge in [-0.3, -0.25) is 9.78 Å². The van der Waals surface area contributed by atoms with Gasteiger partial charge in [0.2, 0.25) is 5.91 Å². The average molecular weight is 1730 g/mol. The van der Waals surface area contributed by atoms with E-state index < -0.39 is 11.6 Å². The summed E-state index contributed by atoms with van der Waals surface area (Å²) in [7, 11) is 1.66. The molecular weight excluding hydrogens is 1630 g/mol. The highest BCUT2D eigenvalue weighted by Gasteiger charge is 2.28. The molecule has 19 nitrogen and oxygen atoms in total. The molecule has 2 aliphatic rings. The smallest absolute Gasteiger partial charge is 0.220 e. The van der Waals surface area contributed by atoms with Gasteiger partial charge in [0.1, 0.15) is 46.5 Å². The van der Waals surface area contributed by atoms with Crippen LogP contribution in [0, 0.1) is 17.6 Å². The van der Waals surface area contributed by atoms with Crippen LogP contribution in [-0.2, 0) is 11.3 Å². The molecule has 0 saturated carbocycles. The van der Waals surface area contributed by atoms with E-state index in [1.165, 1.54) is 17.3 Å². The molecule has 2 aliphatic heterocycles. The predicted molar refractivity (Wildman–Crippen MR) is 526 cm³/mol. The van der Waals surface area contributed by atoms with E-state index in [9.17, 15) is 13.6 Å².